The number of hydrogen-bond donors (Lipinski definition) is 0. The summed E-state index contributed by atoms with van der Waals surface area (Å²) in [4.78, 5) is 15.7. The van der Waals surface area contributed by atoms with Crippen LogP contribution in [-0.2, 0) is 4.74 Å². The largest absolute Gasteiger partial charge is 0.475 e. The van der Waals surface area contributed by atoms with Crippen LogP contribution in [0.25, 0.3) is 6.08 Å². The Bertz CT molecular complexity index is 425. The van der Waals surface area contributed by atoms with Gasteiger partial charge in [0.1, 0.15) is 0 Å². The highest BCUT2D eigenvalue weighted by atomic mass is 16.5. The molecule has 0 bridgehead atoms. The predicted molar refractivity (Wildman–Crippen MR) is 66.0 cm³/mol. The molecule has 17 heavy (non-hydrogen) atoms. The molecule has 0 aromatic carbocycles. The summed E-state index contributed by atoms with van der Waals surface area (Å²) >= 11 is 0. The van der Waals surface area contributed by atoms with Gasteiger partial charge in [0.2, 0.25) is 5.88 Å². The maximum atomic E-state index is 11.6. The van der Waals surface area contributed by atoms with Crippen LogP contribution in [0.15, 0.2) is 18.3 Å². The minimum Gasteiger partial charge on any atom is -0.475 e. The summed E-state index contributed by atoms with van der Waals surface area (Å²) in [6, 6.07) is 1.60. The minimum absolute atomic E-state index is 0.0144. The van der Waals surface area contributed by atoms with E-state index >= 15 is 0 Å². The average Bonchev–Trinajstić information content (AvgIpc) is 2.29. The summed E-state index contributed by atoms with van der Waals surface area (Å²) in [6.07, 6.45) is 5.26. The number of nitrogens with zero attached hydrogens (tertiary/aromatic N) is 1. The molecule has 4 nitrogen and oxygen atoms in total. The lowest BCUT2D eigenvalue weighted by molar-refractivity contribution is 0.0599. The van der Waals surface area contributed by atoms with E-state index in [2.05, 4.69) is 4.98 Å². The van der Waals surface area contributed by atoms with Gasteiger partial charge < -0.3 is 9.47 Å². The molecule has 0 atom stereocenters. The number of hydrogen-bond acceptors (Lipinski definition) is 4. The van der Waals surface area contributed by atoms with E-state index in [1.165, 1.54) is 7.11 Å². The van der Waals surface area contributed by atoms with Gasteiger partial charge in [0.15, 0.2) is 0 Å². The van der Waals surface area contributed by atoms with E-state index in [4.69, 9.17) is 9.47 Å². The molecule has 0 aliphatic carbocycles. The van der Waals surface area contributed by atoms with Gasteiger partial charge in [-0.1, -0.05) is 12.2 Å². The fourth-order valence-electron chi connectivity index (χ4n) is 1.35. The summed E-state index contributed by atoms with van der Waals surface area (Å²) in [6.45, 7) is 5.68. The molecule has 0 aliphatic rings. The molecule has 92 valence electrons. The number of esters is 1. The van der Waals surface area contributed by atoms with Crippen LogP contribution in [0.3, 0.4) is 0 Å². The number of aromatic nitrogens is 1. The van der Waals surface area contributed by atoms with Crippen molar-refractivity contribution in [3.63, 3.8) is 0 Å². The molecule has 0 radical (unpaired) electrons. The Morgan fingerprint density at radius 3 is 2.71 bits per heavy atom. The minimum atomic E-state index is -0.394. The second kappa shape index (κ2) is 6.03. The Morgan fingerprint density at radius 1 is 1.47 bits per heavy atom. The van der Waals surface area contributed by atoms with Crippen LogP contribution in [0.2, 0.25) is 0 Å². The summed E-state index contributed by atoms with van der Waals surface area (Å²) in [5.41, 5.74) is 1.17. The van der Waals surface area contributed by atoms with Gasteiger partial charge in [-0.15, -0.1) is 0 Å². The van der Waals surface area contributed by atoms with E-state index in [0.29, 0.717) is 11.4 Å². The van der Waals surface area contributed by atoms with Crippen molar-refractivity contribution in [3.8, 4) is 5.88 Å². The zero-order valence-electron chi connectivity index (χ0n) is 10.6. The monoisotopic (exact) mass is 235 g/mol. The number of ether oxygens (including phenoxy) is 2. The van der Waals surface area contributed by atoms with Crippen LogP contribution < -0.4 is 4.74 Å². The number of methoxy groups -OCH3 is 1. The Balaban J connectivity index is 3.14. The second-order valence-electron chi connectivity index (χ2n) is 3.77. The number of pyridine rings is 1. The van der Waals surface area contributed by atoms with Crippen molar-refractivity contribution >= 4 is 12.0 Å². The Hall–Kier alpha value is -1.84. The standard InChI is InChI=1S/C13H17NO3/c1-5-6-10-8-14-12(17-9(2)3)7-11(10)13(15)16-4/h5-9H,1-4H3/b6-5+. The van der Waals surface area contributed by atoms with Crippen molar-refractivity contribution in [3.05, 3.63) is 29.5 Å². The first-order valence-corrected chi connectivity index (χ1v) is 5.46. The molecule has 4 heteroatoms. The number of rotatable bonds is 4. The Kier molecular flexibility index (Phi) is 4.69. The lowest BCUT2D eigenvalue weighted by Crippen LogP contribution is -2.10. The van der Waals surface area contributed by atoms with Crippen molar-refractivity contribution in [1.29, 1.82) is 0 Å². The van der Waals surface area contributed by atoms with Gasteiger partial charge in [0, 0.05) is 17.8 Å². The zero-order chi connectivity index (χ0) is 12.8. The summed E-state index contributed by atoms with van der Waals surface area (Å²) in [5.74, 6) is 0.0303. The molecule has 0 saturated heterocycles. The van der Waals surface area contributed by atoms with Gasteiger partial charge in [-0.3, -0.25) is 0 Å². The lowest BCUT2D eigenvalue weighted by atomic mass is 10.1. The van der Waals surface area contributed by atoms with E-state index < -0.39 is 5.97 Å². The molecule has 0 amide bonds. The Labute approximate surface area is 101 Å². The number of carbonyl (C=O) groups is 1. The van der Waals surface area contributed by atoms with Gasteiger partial charge >= 0.3 is 5.97 Å². The van der Waals surface area contributed by atoms with Crippen LogP contribution in [0.5, 0.6) is 5.88 Å². The van der Waals surface area contributed by atoms with Crippen molar-refractivity contribution in [1.82, 2.24) is 4.98 Å². The topological polar surface area (TPSA) is 48.4 Å². The van der Waals surface area contributed by atoms with Crippen LogP contribution in [0, 0.1) is 0 Å². The molecule has 0 spiro atoms. The quantitative estimate of drug-likeness (QED) is 0.753. The smallest absolute Gasteiger partial charge is 0.338 e. The number of carbonyl (C=O) groups excluding carboxylic acids is 1. The molecule has 1 aromatic heterocycles. The first-order valence-electron chi connectivity index (χ1n) is 5.46. The zero-order valence-corrected chi connectivity index (χ0v) is 10.6. The fraction of sp³-hybridized carbons (Fsp3) is 0.385. The second-order valence-corrected chi connectivity index (χ2v) is 3.77. The van der Waals surface area contributed by atoms with Crippen molar-refractivity contribution in [2.45, 2.75) is 26.9 Å². The Morgan fingerprint density at radius 2 is 2.18 bits per heavy atom. The van der Waals surface area contributed by atoms with Gasteiger partial charge in [-0.2, -0.15) is 0 Å². The van der Waals surface area contributed by atoms with Crippen LogP contribution >= 0.6 is 0 Å². The van der Waals surface area contributed by atoms with Crippen molar-refractivity contribution in [2.24, 2.45) is 0 Å². The molecular formula is C13H17NO3. The van der Waals surface area contributed by atoms with E-state index in [9.17, 15) is 4.79 Å². The first kappa shape index (κ1) is 13.2. The van der Waals surface area contributed by atoms with E-state index in [-0.39, 0.29) is 6.10 Å². The van der Waals surface area contributed by atoms with Crippen molar-refractivity contribution < 1.29 is 14.3 Å². The number of allylic oxidation sites excluding steroid dienone is 1. The molecule has 0 saturated carbocycles. The SMILES string of the molecule is C/C=C/c1cnc(OC(C)C)cc1C(=O)OC. The molecule has 0 fully saturated rings. The lowest BCUT2D eigenvalue weighted by Gasteiger charge is -2.10. The van der Waals surface area contributed by atoms with Crippen LogP contribution in [0.4, 0.5) is 0 Å². The van der Waals surface area contributed by atoms with E-state index in [0.717, 1.165) is 5.56 Å². The highest BCUT2D eigenvalue weighted by molar-refractivity contribution is 5.93. The molecule has 1 rings (SSSR count). The van der Waals surface area contributed by atoms with Gasteiger partial charge in [0.25, 0.3) is 0 Å². The summed E-state index contributed by atoms with van der Waals surface area (Å²) < 4.78 is 10.2. The highest BCUT2D eigenvalue weighted by Crippen LogP contribution is 2.18. The third-order valence-corrected chi connectivity index (χ3v) is 2.02. The van der Waals surface area contributed by atoms with Gasteiger partial charge in [0.05, 0.1) is 18.8 Å². The van der Waals surface area contributed by atoms with Gasteiger partial charge in [-0.05, 0) is 20.8 Å². The third kappa shape index (κ3) is 3.59. The van der Waals surface area contributed by atoms with E-state index in [1.807, 2.05) is 26.8 Å². The molecular weight excluding hydrogens is 218 g/mol. The highest BCUT2D eigenvalue weighted by Gasteiger charge is 2.13. The van der Waals surface area contributed by atoms with Gasteiger partial charge in [-0.25, -0.2) is 9.78 Å². The van der Waals surface area contributed by atoms with E-state index in [1.54, 1.807) is 18.3 Å². The average molecular weight is 235 g/mol. The third-order valence-electron chi connectivity index (χ3n) is 2.02. The molecule has 1 aromatic rings. The van der Waals surface area contributed by atoms with Crippen LogP contribution in [-0.4, -0.2) is 24.2 Å². The maximum absolute atomic E-state index is 11.6. The predicted octanol–water partition coefficient (Wildman–Crippen LogP) is 2.69. The maximum Gasteiger partial charge on any atom is 0.338 e. The fourth-order valence-corrected chi connectivity index (χ4v) is 1.35. The molecule has 0 unspecified atom stereocenters. The summed E-state index contributed by atoms with van der Waals surface area (Å²) in [7, 11) is 1.35. The normalized spacial score (nSPS) is 10.9. The molecule has 0 N–H and O–H groups in total. The molecule has 0 aliphatic heterocycles. The van der Waals surface area contributed by atoms with Crippen LogP contribution in [0.1, 0.15) is 36.7 Å². The summed E-state index contributed by atoms with van der Waals surface area (Å²) in [5, 5.41) is 0. The molecule has 1 heterocycles. The first-order chi connectivity index (χ1) is 8.08. The van der Waals surface area contributed by atoms with Crippen molar-refractivity contribution in [2.75, 3.05) is 7.11 Å².